The summed E-state index contributed by atoms with van der Waals surface area (Å²) in [6.45, 7) is 1.72. The summed E-state index contributed by atoms with van der Waals surface area (Å²) in [6.07, 6.45) is -4.50. The molecule has 3 N–H and O–H groups in total. The molecule has 0 bridgehead atoms. The number of anilines is 1. The summed E-state index contributed by atoms with van der Waals surface area (Å²) < 4.78 is 37.9. The highest BCUT2D eigenvalue weighted by atomic mass is 32.1. The minimum absolute atomic E-state index is 0.0535. The Balaban J connectivity index is 2.13. The molecule has 1 heterocycles. The number of nitrogens with two attached hydrogens (primary N) is 1. The van der Waals surface area contributed by atoms with Gasteiger partial charge in [-0.15, -0.1) is 11.3 Å². The topological polar surface area (TPSA) is 55.1 Å². The molecule has 0 aliphatic heterocycles. The fourth-order valence-corrected chi connectivity index (χ4v) is 2.33. The maximum Gasteiger partial charge on any atom is 0.411 e. The third-order valence-electron chi connectivity index (χ3n) is 2.83. The first-order chi connectivity index (χ1) is 7.75. The molecule has 17 heavy (non-hydrogen) atoms. The van der Waals surface area contributed by atoms with E-state index in [0.29, 0.717) is 5.69 Å². The molecular weight excluding hydrogens is 253 g/mol. The Labute approximate surface area is 99.8 Å². The summed E-state index contributed by atoms with van der Waals surface area (Å²) in [5, 5.41) is 2.06. The standard InChI is InChI=1S/C10H11F3N2OS/c1-5-6(14)4-7(17-5)8(16)15-9(2-3-9)10(11,12)13/h4H,2-3,14H2,1H3,(H,15,16). The number of hydrogen-bond donors (Lipinski definition) is 2. The lowest BCUT2D eigenvalue weighted by Crippen LogP contribution is -2.47. The number of nitrogen functional groups attached to an aromatic ring is 1. The van der Waals surface area contributed by atoms with E-state index >= 15 is 0 Å². The average molecular weight is 264 g/mol. The first kappa shape index (κ1) is 12.2. The van der Waals surface area contributed by atoms with Crippen LogP contribution in [0.15, 0.2) is 6.07 Å². The molecule has 1 saturated carbocycles. The van der Waals surface area contributed by atoms with E-state index in [4.69, 9.17) is 5.73 Å². The Hall–Kier alpha value is -1.24. The lowest BCUT2D eigenvalue weighted by Gasteiger charge is -2.20. The van der Waals surface area contributed by atoms with Crippen LogP contribution < -0.4 is 11.1 Å². The minimum Gasteiger partial charge on any atom is -0.398 e. The molecule has 1 amide bonds. The summed E-state index contributed by atoms with van der Waals surface area (Å²) in [7, 11) is 0. The van der Waals surface area contributed by atoms with E-state index in [1.807, 2.05) is 0 Å². The zero-order valence-corrected chi connectivity index (χ0v) is 9.84. The number of nitrogens with one attached hydrogen (secondary N) is 1. The van der Waals surface area contributed by atoms with Crippen molar-refractivity contribution in [3.05, 3.63) is 15.8 Å². The van der Waals surface area contributed by atoms with Crippen LogP contribution in [-0.2, 0) is 0 Å². The van der Waals surface area contributed by atoms with Gasteiger partial charge in [0.2, 0.25) is 0 Å². The zero-order valence-electron chi connectivity index (χ0n) is 9.02. The highest BCUT2D eigenvalue weighted by molar-refractivity contribution is 7.14. The normalized spacial score (nSPS) is 17.9. The second-order valence-electron chi connectivity index (χ2n) is 4.16. The van der Waals surface area contributed by atoms with Crippen LogP contribution in [0.4, 0.5) is 18.9 Å². The van der Waals surface area contributed by atoms with Gasteiger partial charge >= 0.3 is 6.18 Å². The number of alkyl halides is 3. The van der Waals surface area contributed by atoms with Crippen LogP contribution in [0.25, 0.3) is 0 Å². The number of thiophene rings is 1. The molecule has 0 radical (unpaired) electrons. The molecule has 2 rings (SSSR count). The van der Waals surface area contributed by atoms with Crippen molar-refractivity contribution < 1.29 is 18.0 Å². The number of rotatable bonds is 2. The van der Waals surface area contributed by atoms with Gasteiger partial charge in [-0.25, -0.2) is 0 Å². The quantitative estimate of drug-likeness (QED) is 0.862. The van der Waals surface area contributed by atoms with E-state index in [1.165, 1.54) is 6.07 Å². The van der Waals surface area contributed by atoms with Gasteiger partial charge in [-0.1, -0.05) is 0 Å². The highest BCUT2D eigenvalue weighted by Gasteiger charge is 2.64. The monoisotopic (exact) mass is 264 g/mol. The van der Waals surface area contributed by atoms with Crippen LogP contribution >= 0.6 is 11.3 Å². The number of hydrogen-bond acceptors (Lipinski definition) is 3. The zero-order chi connectivity index (χ0) is 12.8. The average Bonchev–Trinajstić information content (AvgIpc) is 2.89. The van der Waals surface area contributed by atoms with Gasteiger partial charge in [0.1, 0.15) is 5.54 Å². The van der Waals surface area contributed by atoms with Gasteiger partial charge in [0, 0.05) is 10.6 Å². The fourth-order valence-electron chi connectivity index (χ4n) is 1.49. The predicted molar refractivity (Wildman–Crippen MR) is 59.0 cm³/mol. The van der Waals surface area contributed by atoms with Crippen LogP contribution in [0.3, 0.4) is 0 Å². The summed E-state index contributed by atoms with van der Waals surface area (Å²) in [5.74, 6) is -0.704. The lowest BCUT2D eigenvalue weighted by molar-refractivity contribution is -0.163. The van der Waals surface area contributed by atoms with E-state index in [-0.39, 0.29) is 17.7 Å². The maximum absolute atomic E-state index is 12.6. The molecule has 1 aliphatic carbocycles. The SMILES string of the molecule is Cc1sc(C(=O)NC2(C(F)(F)F)CC2)cc1N. The van der Waals surface area contributed by atoms with Crippen molar-refractivity contribution in [3.8, 4) is 0 Å². The molecule has 0 saturated heterocycles. The van der Waals surface area contributed by atoms with Crippen molar-refractivity contribution in [1.82, 2.24) is 5.32 Å². The second kappa shape index (κ2) is 3.63. The van der Waals surface area contributed by atoms with Crippen molar-refractivity contribution in [1.29, 1.82) is 0 Å². The molecule has 1 aliphatic rings. The molecule has 1 aromatic rings. The molecule has 0 spiro atoms. The summed E-state index contributed by atoms with van der Waals surface area (Å²) >= 11 is 1.10. The number of carbonyl (C=O) groups is 1. The molecule has 3 nitrogen and oxygen atoms in total. The van der Waals surface area contributed by atoms with Crippen LogP contribution in [0.1, 0.15) is 27.4 Å². The van der Waals surface area contributed by atoms with Crippen molar-refractivity contribution in [2.24, 2.45) is 0 Å². The van der Waals surface area contributed by atoms with Crippen LogP contribution in [0, 0.1) is 6.92 Å². The van der Waals surface area contributed by atoms with E-state index in [9.17, 15) is 18.0 Å². The van der Waals surface area contributed by atoms with Gasteiger partial charge < -0.3 is 11.1 Å². The number of carbonyl (C=O) groups excluding carboxylic acids is 1. The fraction of sp³-hybridized carbons (Fsp3) is 0.500. The third-order valence-corrected chi connectivity index (χ3v) is 3.89. The van der Waals surface area contributed by atoms with Crippen LogP contribution in [0.5, 0.6) is 0 Å². The molecule has 1 fully saturated rings. The van der Waals surface area contributed by atoms with Crippen molar-refractivity contribution in [2.75, 3.05) is 5.73 Å². The van der Waals surface area contributed by atoms with Gasteiger partial charge in [-0.2, -0.15) is 13.2 Å². The Morgan fingerprint density at radius 1 is 1.53 bits per heavy atom. The lowest BCUT2D eigenvalue weighted by atomic mass is 10.2. The minimum atomic E-state index is -4.39. The van der Waals surface area contributed by atoms with Crippen molar-refractivity contribution in [3.63, 3.8) is 0 Å². The Bertz CT molecular complexity index is 443. The van der Waals surface area contributed by atoms with Gasteiger partial charge in [-0.3, -0.25) is 4.79 Å². The first-order valence-electron chi connectivity index (χ1n) is 5.00. The van der Waals surface area contributed by atoms with Crippen LogP contribution in [0.2, 0.25) is 0 Å². The van der Waals surface area contributed by atoms with E-state index in [0.717, 1.165) is 16.2 Å². The highest BCUT2D eigenvalue weighted by Crippen LogP contribution is 2.49. The van der Waals surface area contributed by atoms with E-state index < -0.39 is 17.6 Å². The Kier molecular flexibility index (Phi) is 2.61. The number of halogens is 3. The first-order valence-corrected chi connectivity index (χ1v) is 5.82. The Morgan fingerprint density at radius 2 is 2.12 bits per heavy atom. The van der Waals surface area contributed by atoms with Gasteiger partial charge in [0.15, 0.2) is 0 Å². The molecule has 0 atom stereocenters. The second-order valence-corrected chi connectivity index (χ2v) is 5.41. The van der Waals surface area contributed by atoms with Crippen LogP contribution in [-0.4, -0.2) is 17.6 Å². The molecule has 0 aromatic carbocycles. The molecule has 7 heteroatoms. The van der Waals surface area contributed by atoms with Crippen molar-refractivity contribution >= 4 is 22.9 Å². The summed E-state index contributed by atoms with van der Waals surface area (Å²) in [5.41, 5.74) is 3.96. The molecule has 1 aromatic heterocycles. The number of aryl methyl sites for hydroxylation is 1. The molecular formula is C10H11F3N2OS. The largest absolute Gasteiger partial charge is 0.411 e. The predicted octanol–water partition coefficient (Wildman–Crippen LogP) is 2.46. The van der Waals surface area contributed by atoms with Gasteiger partial charge in [0.25, 0.3) is 5.91 Å². The summed E-state index contributed by atoms with van der Waals surface area (Å²) in [6, 6.07) is 1.40. The van der Waals surface area contributed by atoms with Crippen molar-refractivity contribution in [2.45, 2.75) is 31.5 Å². The van der Waals surface area contributed by atoms with Gasteiger partial charge in [0.05, 0.1) is 4.88 Å². The van der Waals surface area contributed by atoms with Gasteiger partial charge in [-0.05, 0) is 25.8 Å². The maximum atomic E-state index is 12.6. The molecule has 0 unspecified atom stereocenters. The molecule has 94 valence electrons. The number of amides is 1. The van der Waals surface area contributed by atoms with E-state index in [1.54, 1.807) is 6.92 Å². The smallest absolute Gasteiger partial charge is 0.398 e. The summed E-state index contributed by atoms with van der Waals surface area (Å²) in [4.78, 5) is 12.6. The third kappa shape index (κ3) is 2.11. The Morgan fingerprint density at radius 3 is 2.47 bits per heavy atom. The van der Waals surface area contributed by atoms with E-state index in [2.05, 4.69) is 5.32 Å².